The van der Waals surface area contributed by atoms with Gasteiger partial charge in [0.05, 0.1) is 6.61 Å². The molecule has 0 saturated heterocycles. The molecule has 0 radical (unpaired) electrons. The molecule has 0 fully saturated rings. The highest BCUT2D eigenvalue weighted by Gasteiger charge is 2.45. The number of aliphatic hydroxyl groups excluding tert-OH is 1. The van der Waals surface area contributed by atoms with E-state index in [0.717, 1.165) is 24.8 Å². The van der Waals surface area contributed by atoms with Crippen LogP contribution in [0.25, 0.3) is 6.08 Å². The van der Waals surface area contributed by atoms with E-state index in [9.17, 15) is 5.11 Å². The van der Waals surface area contributed by atoms with Crippen LogP contribution in [0.15, 0.2) is 41.6 Å². The molecule has 0 bridgehead atoms. The number of rotatable bonds is 12. The van der Waals surface area contributed by atoms with Gasteiger partial charge in [0.25, 0.3) is 0 Å². The first-order valence-electron chi connectivity index (χ1n) is 11.0. The Morgan fingerprint density at radius 2 is 1.61 bits per heavy atom. The number of aliphatic hydroxyl groups is 1. The second-order valence-corrected chi connectivity index (χ2v) is 14.3. The molecule has 0 aliphatic heterocycles. The minimum Gasteiger partial charge on any atom is -0.415 e. The standard InChI is InChI=1S/C25H42O2Si/c1-8-9-15-24(17-16-23-13-11-10-12-14-23)25(18-26)19-27-28(20(2)3,21(4)5)22(6)7/h10-14,16,20-22,25-26H,8-9,15,18-19H2,1-7H3/t17?,25-/m0/s1. The number of hydrogen-bond donors (Lipinski definition) is 1. The summed E-state index contributed by atoms with van der Waals surface area (Å²) in [6.07, 6.45) is 5.26. The third-order valence-corrected chi connectivity index (χ3v) is 12.1. The van der Waals surface area contributed by atoms with Gasteiger partial charge in [-0.05, 0) is 46.7 Å². The van der Waals surface area contributed by atoms with Crippen molar-refractivity contribution in [1.82, 2.24) is 0 Å². The Kier molecular flexibility index (Phi) is 11.1. The van der Waals surface area contributed by atoms with Crippen molar-refractivity contribution in [2.45, 2.75) is 84.4 Å². The maximum absolute atomic E-state index is 10.2. The van der Waals surface area contributed by atoms with Crippen molar-refractivity contribution < 1.29 is 9.53 Å². The molecule has 2 nitrogen and oxygen atoms in total. The van der Waals surface area contributed by atoms with Gasteiger partial charge < -0.3 is 9.53 Å². The Balaban J connectivity index is 3.12. The quantitative estimate of drug-likeness (QED) is 0.295. The van der Waals surface area contributed by atoms with Gasteiger partial charge in [0.15, 0.2) is 8.32 Å². The Morgan fingerprint density at radius 1 is 1.04 bits per heavy atom. The molecule has 0 spiro atoms. The van der Waals surface area contributed by atoms with Crippen molar-refractivity contribution in [3.8, 4) is 0 Å². The van der Waals surface area contributed by atoms with E-state index in [0.29, 0.717) is 23.2 Å². The van der Waals surface area contributed by atoms with Crippen molar-refractivity contribution in [1.29, 1.82) is 0 Å². The summed E-state index contributed by atoms with van der Waals surface area (Å²) in [5, 5.41) is 10.2. The number of benzene rings is 1. The monoisotopic (exact) mass is 402 g/mol. The lowest BCUT2D eigenvalue weighted by atomic mass is 9.96. The second-order valence-electron chi connectivity index (χ2n) is 8.84. The van der Waals surface area contributed by atoms with Crippen LogP contribution in [0.4, 0.5) is 0 Å². The van der Waals surface area contributed by atoms with Gasteiger partial charge in [-0.15, -0.1) is 5.73 Å². The van der Waals surface area contributed by atoms with Gasteiger partial charge in [0.2, 0.25) is 0 Å². The van der Waals surface area contributed by atoms with Crippen molar-refractivity contribution in [3.63, 3.8) is 0 Å². The molecule has 158 valence electrons. The van der Waals surface area contributed by atoms with Gasteiger partial charge >= 0.3 is 0 Å². The minimum atomic E-state index is -1.93. The van der Waals surface area contributed by atoms with Crippen LogP contribution < -0.4 is 0 Å². The summed E-state index contributed by atoms with van der Waals surface area (Å²) < 4.78 is 6.78. The first-order chi connectivity index (χ1) is 13.3. The van der Waals surface area contributed by atoms with Gasteiger partial charge in [-0.25, -0.2) is 0 Å². The topological polar surface area (TPSA) is 29.5 Å². The van der Waals surface area contributed by atoms with E-state index in [1.165, 1.54) is 5.57 Å². The van der Waals surface area contributed by atoms with Crippen LogP contribution in [-0.2, 0) is 4.43 Å². The molecular formula is C25H42O2Si. The third-order valence-electron chi connectivity index (χ3n) is 5.98. The van der Waals surface area contributed by atoms with Crippen molar-refractivity contribution in [2.24, 2.45) is 5.92 Å². The predicted molar refractivity (Wildman–Crippen MR) is 125 cm³/mol. The normalized spacial score (nSPS) is 13.1. The van der Waals surface area contributed by atoms with Crippen LogP contribution in [0.2, 0.25) is 16.6 Å². The maximum Gasteiger partial charge on any atom is 0.200 e. The zero-order chi connectivity index (χ0) is 21.2. The highest BCUT2D eigenvalue weighted by atomic mass is 28.4. The van der Waals surface area contributed by atoms with E-state index >= 15 is 0 Å². The van der Waals surface area contributed by atoms with Gasteiger partial charge in [-0.1, -0.05) is 85.2 Å². The number of unbranched alkanes of at least 4 members (excludes halogenated alkanes) is 1. The van der Waals surface area contributed by atoms with E-state index in [1.807, 2.05) is 24.3 Å². The highest BCUT2D eigenvalue weighted by Crippen LogP contribution is 2.42. The fourth-order valence-corrected chi connectivity index (χ4v) is 9.98. The van der Waals surface area contributed by atoms with Crippen molar-refractivity contribution in [3.05, 3.63) is 47.2 Å². The lowest BCUT2D eigenvalue weighted by Gasteiger charge is -2.43. The highest BCUT2D eigenvalue weighted by molar-refractivity contribution is 6.77. The SMILES string of the molecule is CCCCC(=C=Cc1ccccc1)[C@@H](CO)CO[Si](C(C)C)(C(C)C)C(C)C. The molecule has 28 heavy (non-hydrogen) atoms. The molecule has 0 heterocycles. The molecule has 3 heteroatoms. The van der Waals surface area contributed by atoms with Crippen molar-refractivity contribution >= 4 is 14.4 Å². The van der Waals surface area contributed by atoms with E-state index in [4.69, 9.17) is 4.43 Å². The second kappa shape index (κ2) is 12.4. The smallest absolute Gasteiger partial charge is 0.200 e. The van der Waals surface area contributed by atoms with Gasteiger partial charge in [0, 0.05) is 12.5 Å². The first kappa shape index (κ1) is 24.9. The fraction of sp³-hybridized carbons (Fsp3) is 0.640. The largest absolute Gasteiger partial charge is 0.415 e. The molecule has 0 saturated carbocycles. The Morgan fingerprint density at radius 3 is 2.07 bits per heavy atom. The summed E-state index contributed by atoms with van der Waals surface area (Å²) in [7, 11) is -1.93. The molecule has 1 aromatic carbocycles. The molecule has 0 aliphatic carbocycles. The zero-order valence-corrected chi connectivity index (χ0v) is 20.2. The molecule has 0 unspecified atom stereocenters. The summed E-state index contributed by atoms with van der Waals surface area (Å²) >= 11 is 0. The Labute approximate surface area is 174 Å². The lowest BCUT2D eigenvalue weighted by molar-refractivity contribution is 0.168. The van der Waals surface area contributed by atoms with Crippen LogP contribution in [-0.4, -0.2) is 26.6 Å². The van der Waals surface area contributed by atoms with Crippen LogP contribution in [0.5, 0.6) is 0 Å². The summed E-state index contributed by atoms with van der Waals surface area (Å²) in [6, 6.07) is 10.3. The Hall–Kier alpha value is -1.12. The van der Waals surface area contributed by atoms with Crippen LogP contribution in [0.1, 0.15) is 73.3 Å². The molecule has 0 aliphatic rings. The summed E-state index contributed by atoms with van der Waals surface area (Å²) in [4.78, 5) is 0. The number of hydrogen-bond acceptors (Lipinski definition) is 2. The summed E-state index contributed by atoms with van der Waals surface area (Å²) in [5.41, 5.74) is 7.50. The predicted octanol–water partition coefficient (Wildman–Crippen LogP) is 7.22. The zero-order valence-electron chi connectivity index (χ0n) is 19.2. The molecule has 1 rings (SSSR count). The van der Waals surface area contributed by atoms with Crippen LogP contribution in [0.3, 0.4) is 0 Å². The molecule has 0 aromatic heterocycles. The lowest BCUT2D eigenvalue weighted by Crippen LogP contribution is -2.48. The molecular weight excluding hydrogens is 360 g/mol. The summed E-state index contributed by atoms with van der Waals surface area (Å²) in [5.74, 6) is 0.0228. The molecule has 1 atom stereocenters. The van der Waals surface area contributed by atoms with E-state index in [1.54, 1.807) is 0 Å². The van der Waals surface area contributed by atoms with Crippen molar-refractivity contribution in [2.75, 3.05) is 13.2 Å². The molecule has 1 aromatic rings. The van der Waals surface area contributed by atoms with E-state index in [2.05, 4.69) is 66.3 Å². The summed E-state index contributed by atoms with van der Waals surface area (Å²) in [6.45, 7) is 16.8. The first-order valence-corrected chi connectivity index (χ1v) is 13.2. The maximum atomic E-state index is 10.2. The Bertz CT molecular complexity index is 591. The average molecular weight is 403 g/mol. The van der Waals surface area contributed by atoms with Crippen LogP contribution >= 0.6 is 0 Å². The van der Waals surface area contributed by atoms with E-state index < -0.39 is 8.32 Å². The molecule has 0 amide bonds. The van der Waals surface area contributed by atoms with Gasteiger partial charge in [0.1, 0.15) is 0 Å². The molecule has 1 N–H and O–H groups in total. The minimum absolute atomic E-state index is 0.0228. The average Bonchev–Trinajstić information content (AvgIpc) is 2.66. The van der Waals surface area contributed by atoms with E-state index in [-0.39, 0.29) is 12.5 Å². The van der Waals surface area contributed by atoms with Gasteiger partial charge in [-0.2, -0.15) is 0 Å². The van der Waals surface area contributed by atoms with Gasteiger partial charge in [-0.3, -0.25) is 0 Å². The third kappa shape index (κ3) is 6.74. The van der Waals surface area contributed by atoms with Crippen LogP contribution in [0, 0.1) is 5.92 Å². The fourth-order valence-electron chi connectivity index (χ4n) is 4.50.